The Labute approximate surface area is 106 Å². The van der Waals surface area contributed by atoms with Crippen molar-refractivity contribution < 1.29 is 0 Å². The Bertz CT molecular complexity index is 534. The first-order valence-corrected chi connectivity index (χ1v) is 6.35. The van der Waals surface area contributed by atoms with Crippen LogP contribution in [0.2, 0.25) is 0 Å². The Hall–Kier alpha value is -1.79. The molecule has 0 fully saturated rings. The topological polar surface area (TPSA) is 35.8 Å². The van der Waals surface area contributed by atoms with Crippen LogP contribution in [0.4, 0.5) is 5.69 Å². The van der Waals surface area contributed by atoms with Crippen LogP contribution in [0.1, 0.15) is 22.0 Å². The van der Waals surface area contributed by atoms with E-state index in [-0.39, 0.29) is 6.04 Å². The van der Waals surface area contributed by atoms with E-state index in [0.29, 0.717) is 0 Å². The first-order chi connectivity index (χ1) is 8.20. The number of rotatable bonds is 3. The molecule has 0 amide bonds. The van der Waals surface area contributed by atoms with Crippen LogP contribution in [-0.4, -0.2) is 0 Å². The minimum absolute atomic E-state index is 0.266. The molecule has 0 saturated heterocycles. The van der Waals surface area contributed by atoms with Crippen molar-refractivity contribution in [1.29, 1.82) is 5.26 Å². The summed E-state index contributed by atoms with van der Waals surface area (Å²) in [5.74, 6) is 0. The summed E-state index contributed by atoms with van der Waals surface area (Å²) in [6.45, 7) is 4.09. The maximum atomic E-state index is 9.23. The molecule has 17 heavy (non-hydrogen) atoms. The number of anilines is 1. The summed E-state index contributed by atoms with van der Waals surface area (Å²) in [7, 11) is 0. The minimum Gasteiger partial charge on any atom is -0.366 e. The molecule has 0 saturated carbocycles. The largest absolute Gasteiger partial charge is 0.366 e. The smallest absolute Gasteiger partial charge is 0.149 e. The highest BCUT2D eigenvalue weighted by molar-refractivity contribution is 7.10. The van der Waals surface area contributed by atoms with Gasteiger partial charge in [0.1, 0.15) is 6.04 Å². The number of hydrogen-bond donors (Lipinski definition) is 1. The molecule has 1 aromatic heterocycles. The first-order valence-electron chi connectivity index (χ1n) is 5.47. The summed E-state index contributed by atoms with van der Waals surface area (Å²) in [6, 6.07) is 12.2. The van der Waals surface area contributed by atoms with E-state index in [1.807, 2.05) is 42.6 Å². The molecular weight excluding hydrogens is 228 g/mol. The van der Waals surface area contributed by atoms with Crippen LogP contribution >= 0.6 is 11.3 Å². The molecule has 1 atom stereocenters. The fourth-order valence-electron chi connectivity index (χ4n) is 1.65. The van der Waals surface area contributed by atoms with E-state index in [1.165, 1.54) is 11.1 Å². The minimum atomic E-state index is -0.266. The van der Waals surface area contributed by atoms with Crippen molar-refractivity contribution in [3.8, 4) is 6.07 Å². The second-order valence-electron chi connectivity index (χ2n) is 4.04. The fraction of sp³-hybridized carbons (Fsp3) is 0.214. The molecule has 0 aliphatic rings. The number of benzene rings is 1. The molecule has 2 aromatic rings. The fourth-order valence-corrected chi connectivity index (χ4v) is 2.57. The third-order valence-electron chi connectivity index (χ3n) is 2.66. The Balaban J connectivity index is 2.19. The number of nitrogens with zero attached hydrogens (tertiary/aromatic N) is 1. The van der Waals surface area contributed by atoms with Crippen molar-refractivity contribution in [2.24, 2.45) is 0 Å². The zero-order valence-corrected chi connectivity index (χ0v) is 10.7. The number of hydrogen-bond acceptors (Lipinski definition) is 3. The number of nitriles is 1. The molecule has 3 heteroatoms. The lowest BCUT2D eigenvalue weighted by molar-refractivity contribution is 1.01. The van der Waals surface area contributed by atoms with Crippen LogP contribution in [0, 0.1) is 25.2 Å². The SMILES string of the molecule is Cc1ccc(NC(C#N)c2sccc2C)cc1. The van der Waals surface area contributed by atoms with Crippen molar-refractivity contribution in [2.45, 2.75) is 19.9 Å². The molecule has 0 radical (unpaired) electrons. The second-order valence-corrected chi connectivity index (χ2v) is 4.99. The van der Waals surface area contributed by atoms with Crippen LogP contribution in [0.25, 0.3) is 0 Å². The summed E-state index contributed by atoms with van der Waals surface area (Å²) in [6.07, 6.45) is 0. The van der Waals surface area contributed by atoms with Gasteiger partial charge >= 0.3 is 0 Å². The van der Waals surface area contributed by atoms with Gasteiger partial charge in [-0.2, -0.15) is 5.26 Å². The third kappa shape index (κ3) is 2.66. The van der Waals surface area contributed by atoms with Crippen molar-refractivity contribution in [3.63, 3.8) is 0 Å². The molecule has 2 nitrogen and oxygen atoms in total. The van der Waals surface area contributed by atoms with Crippen molar-refractivity contribution in [3.05, 3.63) is 51.7 Å². The van der Waals surface area contributed by atoms with Gasteiger partial charge in [-0.25, -0.2) is 0 Å². The predicted molar refractivity (Wildman–Crippen MR) is 72.2 cm³/mol. The van der Waals surface area contributed by atoms with Gasteiger partial charge in [-0.3, -0.25) is 0 Å². The van der Waals surface area contributed by atoms with Crippen LogP contribution in [0.3, 0.4) is 0 Å². The number of thiophene rings is 1. The molecule has 86 valence electrons. The normalized spacial score (nSPS) is 11.8. The Morgan fingerprint density at radius 2 is 1.88 bits per heavy atom. The molecule has 1 aromatic carbocycles. The molecule has 2 rings (SSSR count). The Kier molecular flexibility index (Phi) is 3.46. The average molecular weight is 242 g/mol. The van der Waals surface area contributed by atoms with Gasteiger partial charge < -0.3 is 5.32 Å². The van der Waals surface area contributed by atoms with Gasteiger partial charge in [0.15, 0.2) is 0 Å². The van der Waals surface area contributed by atoms with Gasteiger partial charge in [0.25, 0.3) is 0 Å². The van der Waals surface area contributed by atoms with Gasteiger partial charge in [0.2, 0.25) is 0 Å². The van der Waals surface area contributed by atoms with Gasteiger partial charge in [-0.05, 0) is 43.0 Å². The van der Waals surface area contributed by atoms with Crippen molar-refractivity contribution >= 4 is 17.0 Å². The predicted octanol–water partition coefficient (Wildman–Crippen LogP) is 4.04. The van der Waals surface area contributed by atoms with Gasteiger partial charge in [-0.15, -0.1) is 11.3 Å². The number of nitrogens with one attached hydrogen (secondary N) is 1. The lowest BCUT2D eigenvalue weighted by atomic mass is 10.1. The molecule has 1 heterocycles. The van der Waals surface area contributed by atoms with Gasteiger partial charge in [0, 0.05) is 10.6 Å². The molecule has 0 aliphatic heterocycles. The summed E-state index contributed by atoms with van der Waals surface area (Å²) < 4.78 is 0. The summed E-state index contributed by atoms with van der Waals surface area (Å²) in [4.78, 5) is 1.09. The molecule has 0 bridgehead atoms. The van der Waals surface area contributed by atoms with E-state index in [1.54, 1.807) is 11.3 Å². The standard InChI is InChI=1S/C14H14N2S/c1-10-3-5-12(6-4-10)16-13(9-15)14-11(2)7-8-17-14/h3-8,13,16H,1-2H3. The summed E-state index contributed by atoms with van der Waals surface area (Å²) in [5.41, 5.74) is 3.37. The summed E-state index contributed by atoms with van der Waals surface area (Å²) in [5, 5.41) is 14.5. The van der Waals surface area contributed by atoms with Crippen molar-refractivity contribution in [2.75, 3.05) is 5.32 Å². The average Bonchev–Trinajstić information content (AvgIpc) is 2.75. The molecule has 0 aliphatic carbocycles. The van der Waals surface area contributed by atoms with E-state index < -0.39 is 0 Å². The molecule has 0 spiro atoms. The summed E-state index contributed by atoms with van der Waals surface area (Å²) >= 11 is 1.62. The Morgan fingerprint density at radius 1 is 1.18 bits per heavy atom. The van der Waals surface area contributed by atoms with E-state index in [2.05, 4.69) is 18.3 Å². The highest BCUT2D eigenvalue weighted by atomic mass is 32.1. The van der Waals surface area contributed by atoms with Crippen LogP contribution < -0.4 is 5.32 Å². The lowest BCUT2D eigenvalue weighted by Crippen LogP contribution is -2.07. The van der Waals surface area contributed by atoms with Crippen LogP contribution in [0.5, 0.6) is 0 Å². The number of aryl methyl sites for hydroxylation is 2. The molecular formula is C14H14N2S. The third-order valence-corrected chi connectivity index (χ3v) is 3.74. The lowest BCUT2D eigenvalue weighted by Gasteiger charge is -2.12. The molecule has 1 unspecified atom stereocenters. The maximum absolute atomic E-state index is 9.23. The Morgan fingerprint density at radius 3 is 2.41 bits per heavy atom. The van der Waals surface area contributed by atoms with Crippen LogP contribution in [0.15, 0.2) is 35.7 Å². The highest BCUT2D eigenvalue weighted by Gasteiger charge is 2.13. The quantitative estimate of drug-likeness (QED) is 0.881. The zero-order valence-electron chi connectivity index (χ0n) is 9.90. The van der Waals surface area contributed by atoms with Gasteiger partial charge in [-0.1, -0.05) is 17.7 Å². The maximum Gasteiger partial charge on any atom is 0.149 e. The van der Waals surface area contributed by atoms with Crippen LogP contribution in [-0.2, 0) is 0 Å². The van der Waals surface area contributed by atoms with Crippen molar-refractivity contribution in [1.82, 2.24) is 0 Å². The van der Waals surface area contributed by atoms with E-state index in [4.69, 9.17) is 0 Å². The molecule has 1 N–H and O–H groups in total. The highest BCUT2D eigenvalue weighted by Crippen LogP contribution is 2.26. The van der Waals surface area contributed by atoms with Gasteiger partial charge in [0.05, 0.1) is 6.07 Å². The van der Waals surface area contributed by atoms with E-state index in [0.717, 1.165) is 10.6 Å². The first kappa shape index (κ1) is 11.7. The van der Waals surface area contributed by atoms with E-state index >= 15 is 0 Å². The van der Waals surface area contributed by atoms with E-state index in [9.17, 15) is 5.26 Å². The zero-order chi connectivity index (χ0) is 12.3. The monoisotopic (exact) mass is 242 g/mol. The second kappa shape index (κ2) is 5.03.